The Bertz CT molecular complexity index is 480. The number of ether oxygens (including phenoxy) is 2. The monoisotopic (exact) mass is 337 g/mol. The number of nitrogens with one attached hydrogen (secondary N) is 1. The highest BCUT2D eigenvalue weighted by Gasteiger charge is 2.28. The number of para-hydroxylation sites is 1. The molecule has 134 valence electrons. The van der Waals surface area contributed by atoms with E-state index in [1.54, 1.807) is 4.90 Å². The van der Waals surface area contributed by atoms with Crippen molar-refractivity contribution < 1.29 is 19.1 Å². The van der Waals surface area contributed by atoms with Gasteiger partial charge < -0.3 is 9.47 Å². The number of urea groups is 1. The zero-order chi connectivity index (χ0) is 17.2. The molecule has 0 spiro atoms. The average molecular weight is 337 g/mol. The maximum atomic E-state index is 12.6. The molecule has 1 saturated heterocycles. The molecule has 1 aliphatic rings. The van der Waals surface area contributed by atoms with E-state index in [-0.39, 0.29) is 6.03 Å². The van der Waals surface area contributed by atoms with Crippen LogP contribution >= 0.6 is 0 Å². The average Bonchev–Trinajstić information content (AvgIpc) is 2.62. The number of nitrogens with zero attached hydrogens (tertiary/aromatic N) is 2. The van der Waals surface area contributed by atoms with Crippen LogP contribution in [0.25, 0.3) is 0 Å². The number of carbonyl (C=O) groups excluding carboxylic acids is 1. The topological polar surface area (TPSA) is 63.3 Å². The molecule has 1 heterocycles. The molecule has 0 aliphatic carbocycles. The highest BCUT2D eigenvalue weighted by atomic mass is 16.7. The lowest BCUT2D eigenvalue weighted by molar-refractivity contribution is -0.00938. The van der Waals surface area contributed by atoms with E-state index in [0.29, 0.717) is 33.0 Å². The molecule has 1 aliphatic heterocycles. The van der Waals surface area contributed by atoms with Gasteiger partial charge in [-0.15, -0.1) is 0 Å². The van der Waals surface area contributed by atoms with Crippen molar-refractivity contribution in [2.45, 2.75) is 20.1 Å². The third-order valence-electron chi connectivity index (χ3n) is 3.72. The standard InChI is InChI=1S/C17H27N3O4/c1-3-23-16(14-19-10-12-22-13-11-19)20(17(21)18-24-4-2)15-8-6-5-7-9-15/h5-9,16H,3-4,10-14H2,1-2H3,(H,18,21). The Hall–Kier alpha value is -1.67. The fraction of sp³-hybridized carbons (Fsp3) is 0.588. The third kappa shape index (κ3) is 5.45. The van der Waals surface area contributed by atoms with E-state index in [1.807, 2.05) is 44.2 Å². The van der Waals surface area contributed by atoms with Gasteiger partial charge in [-0.3, -0.25) is 14.6 Å². The van der Waals surface area contributed by atoms with Crippen LogP contribution in [0.4, 0.5) is 10.5 Å². The van der Waals surface area contributed by atoms with E-state index < -0.39 is 6.23 Å². The fourth-order valence-corrected chi connectivity index (χ4v) is 2.59. The molecule has 1 aromatic rings. The molecule has 0 aromatic heterocycles. The number of benzene rings is 1. The first-order chi connectivity index (χ1) is 11.8. The lowest BCUT2D eigenvalue weighted by Crippen LogP contribution is -2.53. The van der Waals surface area contributed by atoms with Crippen LogP contribution in [0.1, 0.15) is 13.8 Å². The van der Waals surface area contributed by atoms with Crippen molar-refractivity contribution in [3.8, 4) is 0 Å². The van der Waals surface area contributed by atoms with Crippen molar-refractivity contribution in [3.63, 3.8) is 0 Å². The SMILES string of the molecule is CCONC(=O)N(c1ccccc1)C(CN1CCOCC1)OCC. The second-order valence-corrected chi connectivity index (χ2v) is 5.37. The van der Waals surface area contributed by atoms with E-state index in [2.05, 4.69) is 10.4 Å². The Balaban J connectivity index is 2.17. The number of hydrogen-bond donors (Lipinski definition) is 1. The number of rotatable bonds is 8. The number of morpholine rings is 1. The molecule has 2 amide bonds. The van der Waals surface area contributed by atoms with Gasteiger partial charge >= 0.3 is 6.03 Å². The molecule has 1 N–H and O–H groups in total. The minimum atomic E-state index is -0.407. The summed E-state index contributed by atoms with van der Waals surface area (Å²) in [4.78, 5) is 21.6. The van der Waals surface area contributed by atoms with Crippen molar-refractivity contribution >= 4 is 11.7 Å². The van der Waals surface area contributed by atoms with Gasteiger partial charge in [-0.25, -0.2) is 10.3 Å². The minimum absolute atomic E-state index is 0.338. The zero-order valence-corrected chi connectivity index (χ0v) is 14.4. The summed E-state index contributed by atoms with van der Waals surface area (Å²) in [5.41, 5.74) is 3.24. The molecule has 7 heteroatoms. The highest BCUT2D eigenvalue weighted by Crippen LogP contribution is 2.19. The Kier molecular flexibility index (Phi) is 7.97. The van der Waals surface area contributed by atoms with Gasteiger partial charge in [0.05, 0.1) is 19.8 Å². The number of amides is 2. The van der Waals surface area contributed by atoms with Crippen molar-refractivity contribution in [2.75, 3.05) is 51.0 Å². The van der Waals surface area contributed by atoms with Crippen molar-refractivity contribution in [2.24, 2.45) is 0 Å². The van der Waals surface area contributed by atoms with Gasteiger partial charge in [0, 0.05) is 31.9 Å². The van der Waals surface area contributed by atoms with Crippen LogP contribution in [-0.4, -0.2) is 63.2 Å². The third-order valence-corrected chi connectivity index (χ3v) is 3.72. The first-order valence-corrected chi connectivity index (χ1v) is 8.44. The summed E-state index contributed by atoms with van der Waals surface area (Å²) in [5, 5.41) is 0. The molecule has 2 rings (SSSR count). The van der Waals surface area contributed by atoms with Gasteiger partial charge in [0.15, 0.2) is 6.23 Å². The fourth-order valence-electron chi connectivity index (χ4n) is 2.59. The maximum absolute atomic E-state index is 12.6. The summed E-state index contributed by atoms with van der Waals surface area (Å²) < 4.78 is 11.3. The van der Waals surface area contributed by atoms with Crippen LogP contribution in [0, 0.1) is 0 Å². The lowest BCUT2D eigenvalue weighted by atomic mass is 10.2. The van der Waals surface area contributed by atoms with Gasteiger partial charge in [-0.1, -0.05) is 18.2 Å². The number of hydrogen-bond acceptors (Lipinski definition) is 5. The normalized spacial score (nSPS) is 16.6. The van der Waals surface area contributed by atoms with Gasteiger partial charge in [0.2, 0.25) is 0 Å². The van der Waals surface area contributed by atoms with E-state index in [1.165, 1.54) is 0 Å². The highest BCUT2D eigenvalue weighted by molar-refractivity contribution is 5.91. The molecular formula is C17H27N3O4. The largest absolute Gasteiger partial charge is 0.379 e. The molecule has 0 bridgehead atoms. The molecular weight excluding hydrogens is 310 g/mol. The molecule has 24 heavy (non-hydrogen) atoms. The first kappa shape index (κ1) is 18.7. The van der Waals surface area contributed by atoms with Crippen LogP contribution < -0.4 is 10.4 Å². The summed E-state index contributed by atoms with van der Waals surface area (Å²) in [5.74, 6) is 0. The summed E-state index contributed by atoms with van der Waals surface area (Å²) in [6.07, 6.45) is -0.407. The smallest absolute Gasteiger partial charge is 0.347 e. The summed E-state index contributed by atoms with van der Waals surface area (Å²) >= 11 is 0. The molecule has 0 radical (unpaired) electrons. The second-order valence-electron chi connectivity index (χ2n) is 5.37. The number of hydroxylamine groups is 1. The summed E-state index contributed by atoms with van der Waals surface area (Å²) in [6.45, 7) is 8.35. The predicted octanol–water partition coefficient (Wildman–Crippen LogP) is 1.85. The molecule has 1 unspecified atom stereocenters. The lowest BCUT2D eigenvalue weighted by Gasteiger charge is -2.36. The minimum Gasteiger partial charge on any atom is -0.379 e. The van der Waals surface area contributed by atoms with Crippen LogP contribution in [0.2, 0.25) is 0 Å². The van der Waals surface area contributed by atoms with Crippen LogP contribution in [0.15, 0.2) is 30.3 Å². The van der Waals surface area contributed by atoms with Crippen molar-refractivity contribution in [1.29, 1.82) is 0 Å². The van der Waals surface area contributed by atoms with E-state index in [0.717, 1.165) is 18.8 Å². The zero-order valence-electron chi connectivity index (χ0n) is 14.4. The summed E-state index contributed by atoms with van der Waals surface area (Å²) in [6, 6.07) is 9.14. The van der Waals surface area contributed by atoms with Gasteiger partial charge in [0.25, 0.3) is 0 Å². The Labute approximate surface area is 143 Å². The Morgan fingerprint density at radius 2 is 1.96 bits per heavy atom. The van der Waals surface area contributed by atoms with Crippen molar-refractivity contribution in [1.82, 2.24) is 10.4 Å². The molecule has 0 saturated carbocycles. The van der Waals surface area contributed by atoms with E-state index in [4.69, 9.17) is 14.3 Å². The number of carbonyl (C=O) groups is 1. The molecule has 1 fully saturated rings. The Morgan fingerprint density at radius 1 is 1.25 bits per heavy atom. The van der Waals surface area contributed by atoms with Gasteiger partial charge in [-0.05, 0) is 26.0 Å². The van der Waals surface area contributed by atoms with E-state index >= 15 is 0 Å². The van der Waals surface area contributed by atoms with Crippen LogP contribution in [0.5, 0.6) is 0 Å². The molecule has 1 aromatic carbocycles. The van der Waals surface area contributed by atoms with Crippen LogP contribution in [-0.2, 0) is 14.3 Å². The van der Waals surface area contributed by atoms with Crippen molar-refractivity contribution in [3.05, 3.63) is 30.3 Å². The molecule has 1 atom stereocenters. The molecule has 7 nitrogen and oxygen atoms in total. The Morgan fingerprint density at radius 3 is 2.58 bits per heavy atom. The van der Waals surface area contributed by atoms with Gasteiger partial charge in [0.1, 0.15) is 0 Å². The first-order valence-electron chi connectivity index (χ1n) is 8.44. The van der Waals surface area contributed by atoms with E-state index in [9.17, 15) is 4.79 Å². The quantitative estimate of drug-likeness (QED) is 0.579. The van der Waals surface area contributed by atoms with Gasteiger partial charge in [-0.2, -0.15) is 0 Å². The second kappa shape index (κ2) is 10.2. The predicted molar refractivity (Wildman–Crippen MR) is 91.8 cm³/mol. The maximum Gasteiger partial charge on any atom is 0.347 e. The summed E-state index contributed by atoms with van der Waals surface area (Å²) in [7, 11) is 0. The van der Waals surface area contributed by atoms with Crippen LogP contribution in [0.3, 0.4) is 0 Å². The number of anilines is 1.